The Morgan fingerprint density at radius 3 is 2.91 bits per heavy atom. The molecule has 0 bridgehead atoms. The standard InChI is InChI=1S/C18H26N4O/c1-2-22-14-15(16-7-6-8-20-18(16)22)13-17(23)19-9-12-21-10-4-3-5-11-21/h6-8,14H,2-5,9-13H2,1H3,(H,19,23). The molecule has 1 aliphatic heterocycles. The maximum Gasteiger partial charge on any atom is 0.224 e. The van der Waals surface area contributed by atoms with E-state index < -0.39 is 0 Å². The van der Waals surface area contributed by atoms with Crippen molar-refractivity contribution < 1.29 is 4.79 Å². The molecule has 0 atom stereocenters. The number of aromatic nitrogens is 2. The highest BCUT2D eigenvalue weighted by Gasteiger charge is 2.13. The van der Waals surface area contributed by atoms with Crippen molar-refractivity contribution in [2.24, 2.45) is 0 Å². The molecular weight excluding hydrogens is 288 g/mol. The maximum atomic E-state index is 12.2. The Morgan fingerprint density at radius 2 is 2.13 bits per heavy atom. The second kappa shape index (κ2) is 7.59. The fourth-order valence-electron chi connectivity index (χ4n) is 3.35. The number of carbonyl (C=O) groups excluding carboxylic acids is 1. The summed E-state index contributed by atoms with van der Waals surface area (Å²) >= 11 is 0. The molecule has 23 heavy (non-hydrogen) atoms. The molecule has 0 spiro atoms. The number of nitrogens with zero attached hydrogens (tertiary/aromatic N) is 3. The minimum absolute atomic E-state index is 0.0982. The highest BCUT2D eigenvalue weighted by molar-refractivity contribution is 5.87. The summed E-state index contributed by atoms with van der Waals surface area (Å²) in [4.78, 5) is 19.1. The van der Waals surface area contributed by atoms with Gasteiger partial charge < -0.3 is 14.8 Å². The van der Waals surface area contributed by atoms with Crippen LogP contribution in [0.1, 0.15) is 31.7 Å². The summed E-state index contributed by atoms with van der Waals surface area (Å²) in [5, 5.41) is 4.14. The van der Waals surface area contributed by atoms with E-state index in [4.69, 9.17) is 0 Å². The molecule has 0 unspecified atom stereocenters. The number of likely N-dealkylation sites (tertiary alicyclic amines) is 1. The number of nitrogens with one attached hydrogen (secondary N) is 1. The molecule has 2 aromatic rings. The van der Waals surface area contributed by atoms with Crippen LogP contribution in [0.2, 0.25) is 0 Å². The molecule has 1 amide bonds. The molecule has 1 fully saturated rings. The Morgan fingerprint density at radius 1 is 1.30 bits per heavy atom. The van der Waals surface area contributed by atoms with E-state index in [9.17, 15) is 4.79 Å². The lowest BCUT2D eigenvalue weighted by Gasteiger charge is -2.26. The molecule has 1 saturated heterocycles. The van der Waals surface area contributed by atoms with Gasteiger partial charge in [-0.3, -0.25) is 4.79 Å². The predicted molar refractivity (Wildman–Crippen MR) is 92.4 cm³/mol. The van der Waals surface area contributed by atoms with Crippen molar-refractivity contribution in [2.75, 3.05) is 26.2 Å². The highest BCUT2D eigenvalue weighted by Crippen LogP contribution is 2.19. The highest BCUT2D eigenvalue weighted by atomic mass is 16.1. The van der Waals surface area contributed by atoms with Gasteiger partial charge in [0, 0.05) is 37.4 Å². The number of piperidine rings is 1. The van der Waals surface area contributed by atoms with E-state index >= 15 is 0 Å². The van der Waals surface area contributed by atoms with Crippen molar-refractivity contribution in [3.63, 3.8) is 0 Å². The zero-order valence-electron chi connectivity index (χ0n) is 13.9. The summed E-state index contributed by atoms with van der Waals surface area (Å²) < 4.78 is 2.10. The van der Waals surface area contributed by atoms with Crippen LogP contribution >= 0.6 is 0 Å². The van der Waals surface area contributed by atoms with Crippen LogP contribution in [0.4, 0.5) is 0 Å². The molecule has 0 aromatic carbocycles. The average Bonchev–Trinajstić information content (AvgIpc) is 2.94. The second-order valence-electron chi connectivity index (χ2n) is 6.24. The Balaban J connectivity index is 1.55. The molecule has 0 radical (unpaired) electrons. The first-order valence-corrected chi connectivity index (χ1v) is 8.69. The summed E-state index contributed by atoms with van der Waals surface area (Å²) in [6, 6.07) is 3.98. The normalized spacial score (nSPS) is 15.9. The van der Waals surface area contributed by atoms with Crippen molar-refractivity contribution in [1.82, 2.24) is 19.8 Å². The van der Waals surface area contributed by atoms with Crippen LogP contribution in [0.3, 0.4) is 0 Å². The van der Waals surface area contributed by atoms with E-state index in [1.54, 1.807) is 6.20 Å². The lowest BCUT2D eigenvalue weighted by atomic mass is 10.1. The zero-order chi connectivity index (χ0) is 16.1. The molecule has 124 valence electrons. The fraction of sp³-hybridized carbons (Fsp3) is 0.556. The summed E-state index contributed by atoms with van der Waals surface area (Å²) in [6.07, 6.45) is 8.21. The molecule has 1 N–H and O–H groups in total. The van der Waals surface area contributed by atoms with Crippen molar-refractivity contribution in [2.45, 2.75) is 39.2 Å². The third-order valence-corrected chi connectivity index (χ3v) is 4.61. The van der Waals surface area contributed by atoms with Gasteiger partial charge in [-0.2, -0.15) is 0 Å². The van der Waals surface area contributed by atoms with Gasteiger partial charge >= 0.3 is 0 Å². The maximum absolute atomic E-state index is 12.2. The number of amides is 1. The van der Waals surface area contributed by atoms with Crippen molar-refractivity contribution in [3.8, 4) is 0 Å². The molecular formula is C18H26N4O. The molecule has 3 rings (SSSR count). The molecule has 1 aliphatic rings. The molecule has 3 heterocycles. The van der Waals surface area contributed by atoms with Crippen LogP contribution in [0.15, 0.2) is 24.5 Å². The van der Waals surface area contributed by atoms with Gasteiger partial charge in [-0.15, -0.1) is 0 Å². The van der Waals surface area contributed by atoms with Crippen molar-refractivity contribution >= 4 is 16.9 Å². The first kappa shape index (κ1) is 16.0. The van der Waals surface area contributed by atoms with Gasteiger partial charge in [-0.25, -0.2) is 4.98 Å². The number of rotatable bonds is 6. The summed E-state index contributed by atoms with van der Waals surface area (Å²) in [5.41, 5.74) is 2.02. The fourth-order valence-corrected chi connectivity index (χ4v) is 3.35. The minimum Gasteiger partial charge on any atom is -0.355 e. The van der Waals surface area contributed by atoms with E-state index in [-0.39, 0.29) is 5.91 Å². The predicted octanol–water partition coefficient (Wildman–Crippen LogP) is 2.20. The van der Waals surface area contributed by atoms with E-state index in [2.05, 4.69) is 32.9 Å². The Bertz CT molecular complexity index is 658. The van der Waals surface area contributed by atoms with E-state index in [0.29, 0.717) is 6.42 Å². The van der Waals surface area contributed by atoms with Gasteiger partial charge in [0.05, 0.1) is 6.42 Å². The van der Waals surface area contributed by atoms with Crippen LogP contribution < -0.4 is 5.32 Å². The van der Waals surface area contributed by atoms with Gasteiger partial charge in [0.25, 0.3) is 0 Å². The number of pyridine rings is 1. The van der Waals surface area contributed by atoms with E-state index in [1.165, 1.54) is 32.4 Å². The topological polar surface area (TPSA) is 50.2 Å². The first-order valence-electron chi connectivity index (χ1n) is 8.69. The number of hydrogen-bond acceptors (Lipinski definition) is 3. The summed E-state index contributed by atoms with van der Waals surface area (Å²) in [6.45, 7) is 7.01. The third-order valence-electron chi connectivity index (χ3n) is 4.61. The van der Waals surface area contributed by atoms with Gasteiger partial charge in [-0.05, 0) is 50.6 Å². The molecule has 5 heteroatoms. The number of aryl methyl sites for hydroxylation is 1. The largest absolute Gasteiger partial charge is 0.355 e. The van der Waals surface area contributed by atoms with Crippen molar-refractivity contribution in [3.05, 3.63) is 30.1 Å². The Labute approximate surface area is 137 Å². The zero-order valence-corrected chi connectivity index (χ0v) is 13.9. The smallest absolute Gasteiger partial charge is 0.224 e. The van der Waals surface area contributed by atoms with Gasteiger partial charge in [-0.1, -0.05) is 6.42 Å². The van der Waals surface area contributed by atoms with Gasteiger partial charge in [0.15, 0.2) is 0 Å². The van der Waals surface area contributed by atoms with Gasteiger partial charge in [0.2, 0.25) is 5.91 Å². The molecule has 2 aromatic heterocycles. The van der Waals surface area contributed by atoms with E-state index in [1.807, 2.05) is 12.1 Å². The Hall–Kier alpha value is -1.88. The molecule has 5 nitrogen and oxygen atoms in total. The van der Waals surface area contributed by atoms with Crippen LogP contribution in [0, 0.1) is 0 Å². The quantitative estimate of drug-likeness (QED) is 0.889. The summed E-state index contributed by atoms with van der Waals surface area (Å²) in [7, 11) is 0. The Kier molecular flexibility index (Phi) is 5.28. The third kappa shape index (κ3) is 3.91. The molecule has 0 saturated carbocycles. The minimum atomic E-state index is 0.0982. The molecule has 0 aliphatic carbocycles. The number of fused-ring (bicyclic) bond motifs is 1. The van der Waals surface area contributed by atoms with Crippen LogP contribution in [-0.4, -0.2) is 46.5 Å². The monoisotopic (exact) mass is 314 g/mol. The number of carbonyl (C=O) groups is 1. The average molecular weight is 314 g/mol. The lowest BCUT2D eigenvalue weighted by molar-refractivity contribution is -0.120. The second-order valence-corrected chi connectivity index (χ2v) is 6.24. The van der Waals surface area contributed by atoms with E-state index in [0.717, 1.165) is 36.2 Å². The van der Waals surface area contributed by atoms with Crippen molar-refractivity contribution in [1.29, 1.82) is 0 Å². The van der Waals surface area contributed by atoms with Gasteiger partial charge in [0.1, 0.15) is 5.65 Å². The van der Waals surface area contributed by atoms with Crippen LogP contribution in [0.25, 0.3) is 11.0 Å². The SMILES string of the molecule is CCn1cc(CC(=O)NCCN2CCCCC2)c2cccnc21. The first-order chi connectivity index (χ1) is 11.3. The van der Waals surface area contributed by atoms with Crippen LogP contribution in [0.5, 0.6) is 0 Å². The summed E-state index contributed by atoms with van der Waals surface area (Å²) in [5.74, 6) is 0.0982. The van der Waals surface area contributed by atoms with Crippen LogP contribution in [-0.2, 0) is 17.8 Å². The lowest BCUT2D eigenvalue weighted by Crippen LogP contribution is -2.38. The number of hydrogen-bond donors (Lipinski definition) is 1.